The van der Waals surface area contributed by atoms with Crippen LogP contribution in [0.15, 0.2) is 59.0 Å². The first-order valence-electron chi connectivity index (χ1n) is 7.64. The van der Waals surface area contributed by atoms with Crippen molar-refractivity contribution in [2.24, 2.45) is 0 Å². The van der Waals surface area contributed by atoms with Gasteiger partial charge in [0.05, 0.1) is 0 Å². The van der Waals surface area contributed by atoms with Gasteiger partial charge in [-0.1, -0.05) is 48.0 Å². The van der Waals surface area contributed by atoms with Crippen LogP contribution in [0, 0.1) is 6.92 Å². The number of rotatable bonds is 3. The van der Waals surface area contributed by atoms with E-state index in [1.807, 2.05) is 49.4 Å². The van der Waals surface area contributed by atoms with Crippen molar-refractivity contribution in [2.45, 2.75) is 13.5 Å². The second kappa shape index (κ2) is 7.39. The number of hydrogen-bond donors (Lipinski definition) is 3. The van der Waals surface area contributed by atoms with Crippen LogP contribution in [-0.4, -0.2) is 12.1 Å². The molecule has 2 aromatic carbocycles. The number of amides is 3. The predicted octanol–water partition coefficient (Wildman–Crippen LogP) is 3.70. The molecule has 1 heterocycles. The van der Waals surface area contributed by atoms with Crippen LogP contribution in [0.5, 0.6) is 0 Å². The normalized spacial score (nSPS) is 10.3. The third kappa shape index (κ3) is 4.51. The fraction of sp³-hybridized carbons (Fsp3) is 0.111. The van der Waals surface area contributed by atoms with E-state index in [0.717, 1.165) is 16.5 Å². The van der Waals surface area contributed by atoms with Gasteiger partial charge in [-0.3, -0.25) is 5.32 Å². The van der Waals surface area contributed by atoms with E-state index in [1.165, 1.54) is 0 Å². The van der Waals surface area contributed by atoms with E-state index in [1.54, 1.807) is 12.1 Å². The van der Waals surface area contributed by atoms with Crippen LogP contribution in [0.25, 0.3) is 11.0 Å². The van der Waals surface area contributed by atoms with E-state index < -0.39 is 12.1 Å². The minimum atomic E-state index is -0.763. The van der Waals surface area contributed by atoms with Crippen LogP contribution in [0.4, 0.5) is 15.5 Å². The van der Waals surface area contributed by atoms with Gasteiger partial charge in [0.1, 0.15) is 12.2 Å². The van der Waals surface area contributed by atoms with Gasteiger partial charge in [-0.15, -0.1) is 0 Å². The monoisotopic (exact) mass is 339 g/mol. The molecule has 0 saturated heterocycles. The van der Waals surface area contributed by atoms with Gasteiger partial charge in [-0.05, 0) is 18.6 Å². The number of furan rings is 1. The van der Waals surface area contributed by atoms with Crippen molar-refractivity contribution in [3.8, 4) is 0 Å². The highest BCUT2D eigenvalue weighted by molar-refractivity contribution is 5.91. The van der Waals surface area contributed by atoms with Crippen LogP contribution in [0.2, 0.25) is 0 Å². The molecule has 0 aliphatic rings. The Morgan fingerprint density at radius 1 is 1.04 bits per heavy atom. The number of anilines is 1. The molecule has 0 radical (unpaired) electrons. The van der Waals surface area contributed by atoms with Crippen LogP contribution in [0.1, 0.15) is 11.1 Å². The standard InChI is InChI=1S/C18H17N3O4/c1-12-5-4-6-13(9-12)11-24-18(23)21-20-17(22)19-16-10-14-7-2-3-8-15(14)25-16/h2-10H,11H2,1H3,(H,21,23)(H2,19,20,22). The van der Waals surface area contributed by atoms with Crippen molar-refractivity contribution in [1.29, 1.82) is 0 Å². The largest absolute Gasteiger partial charge is 0.443 e. The van der Waals surface area contributed by atoms with Gasteiger partial charge in [-0.2, -0.15) is 0 Å². The van der Waals surface area contributed by atoms with Gasteiger partial charge < -0.3 is 9.15 Å². The number of ether oxygens (including phenoxy) is 1. The third-order valence-electron chi connectivity index (χ3n) is 3.39. The molecule has 0 saturated carbocycles. The number of para-hydroxylation sites is 1. The van der Waals surface area contributed by atoms with Crippen LogP contribution >= 0.6 is 0 Å². The molecule has 7 nitrogen and oxygen atoms in total. The second-order valence-electron chi connectivity index (χ2n) is 5.42. The predicted molar refractivity (Wildman–Crippen MR) is 92.9 cm³/mol. The molecule has 3 aromatic rings. The van der Waals surface area contributed by atoms with Gasteiger partial charge in [0.25, 0.3) is 0 Å². The minimum Gasteiger partial charge on any atom is -0.443 e. The van der Waals surface area contributed by atoms with Gasteiger partial charge in [0, 0.05) is 11.5 Å². The summed E-state index contributed by atoms with van der Waals surface area (Å²) in [6, 6.07) is 16.0. The summed E-state index contributed by atoms with van der Waals surface area (Å²) in [6.45, 7) is 2.06. The lowest BCUT2D eigenvalue weighted by molar-refractivity contribution is 0.135. The Morgan fingerprint density at radius 3 is 2.68 bits per heavy atom. The smallest absolute Gasteiger partial charge is 0.426 e. The molecular formula is C18H17N3O4. The number of aryl methyl sites for hydroxylation is 1. The lowest BCUT2D eigenvalue weighted by Gasteiger charge is -2.08. The van der Waals surface area contributed by atoms with Crippen molar-refractivity contribution in [3.05, 3.63) is 65.7 Å². The number of hydrogen-bond acceptors (Lipinski definition) is 4. The van der Waals surface area contributed by atoms with Gasteiger partial charge in [0.2, 0.25) is 5.88 Å². The fourth-order valence-electron chi connectivity index (χ4n) is 2.28. The van der Waals surface area contributed by atoms with Crippen molar-refractivity contribution >= 4 is 29.0 Å². The molecule has 128 valence electrons. The first kappa shape index (κ1) is 16.4. The Morgan fingerprint density at radius 2 is 1.88 bits per heavy atom. The second-order valence-corrected chi connectivity index (χ2v) is 5.42. The number of carbonyl (C=O) groups is 2. The fourth-order valence-corrected chi connectivity index (χ4v) is 2.28. The van der Waals surface area contributed by atoms with Gasteiger partial charge >= 0.3 is 12.1 Å². The Kier molecular flexibility index (Phi) is 4.84. The molecule has 1 aromatic heterocycles. The maximum atomic E-state index is 11.8. The first-order valence-corrected chi connectivity index (χ1v) is 7.64. The summed E-state index contributed by atoms with van der Waals surface area (Å²) in [4.78, 5) is 23.4. The number of hydrazine groups is 1. The van der Waals surface area contributed by atoms with E-state index in [9.17, 15) is 9.59 Å². The summed E-state index contributed by atoms with van der Waals surface area (Å²) < 4.78 is 10.5. The molecule has 3 N–H and O–H groups in total. The van der Waals surface area contributed by atoms with E-state index in [0.29, 0.717) is 5.58 Å². The molecule has 0 fully saturated rings. The first-order chi connectivity index (χ1) is 12.1. The maximum Gasteiger partial charge on any atom is 0.426 e. The molecule has 0 aliphatic heterocycles. The topological polar surface area (TPSA) is 92.6 Å². The summed E-state index contributed by atoms with van der Waals surface area (Å²) >= 11 is 0. The lowest BCUT2D eigenvalue weighted by Crippen LogP contribution is -2.44. The van der Waals surface area contributed by atoms with E-state index >= 15 is 0 Å². The molecule has 0 atom stereocenters. The highest BCUT2D eigenvalue weighted by Crippen LogP contribution is 2.22. The average molecular weight is 339 g/mol. The average Bonchev–Trinajstić information content (AvgIpc) is 3.00. The molecule has 3 rings (SSSR count). The Bertz CT molecular complexity index is 871. The summed E-state index contributed by atoms with van der Waals surface area (Å²) in [5.74, 6) is 0.272. The SMILES string of the molecule is Cc1cccc(COC(=O)NNC(=O)Nc2cc3ccccc3o2)c1. The molecule has 25 heavy (non-hydrogen) atoms. The number of nitrogens with one attached hydrogen (secondary N) is 3. The Labute approximate surface area is 143 Å². The van der Waals surface area contributed by atoms with Crippen LogP contribution in [0.3, 0.4) is 0 Å². The minimum absolute atomic E-state index is 0.111. The number of carbonyl (C=O) groups excluding carboxylic acids is 2. The van der Waals surface area contributed by atoms with E-state index in [4.69, 9.17) is 9.15 Å². The van der Waals surface area contributed by atoms with Crippen molar-refractivity contribution < 1.29 is 18.7 Å². The molecular weight excluding hydrogens is 322 g/mol. The lowest BCUT2D eigenvalue weighted by atomic mass is 10.1. The van der Waals surface area contributed by atoms with Crippen molar-refractivity contribution in [1.82, 2.24) is 10.9 Å². The van der Waals surface area contributed by atoms with Crippen molar-refractivity contribution in [3.63, 3.8) is 0 Å². The van der Waals surface area contributed by atoms with Crippen molar-refractivity contribution in [2.75, 3.05) is 5.32 Å². The third-order valence-corrected chi connectivity index (χ3v) is 3.39. The number of urea groups is 1. The van der Waals surface area contributed by atoms with Crippen LogP contribution in [-0.2, 0) is 11.3 Å². The Balaban J connectivity index is 1.44. The Hall–Kier alpha value is -3.48. The number of benzene rings is 2. The zero-order chi connectivity index (χ0) is 17.6. The molecule has 0 aliphatic carbocycles. The molecule has 0 bridgehead atoms. The zero-order valence-electron chi connectivity index (χ0n) is 13.5. The quantitative estimate of drug-likeness (QED) is 0.634. The number of fused-ring (bicyclic) bond motifs is 1. The highest BCUT2D eigenvalue weighted by atomic mass is 16.6. The van der Waals surface area contributed by atoms with Gasteiger partial charge in [0.15, 0.2) is 0 Å². The molecule has 3 amide bonds. The van der Waals surface area contributed by atoms with Gasteiger partial charge in [-0.25, -0.2) is 20.4 Å². The molecule has 0 unspecified atom stereocenters. The highest BCUT2D eigenvalue weighted by Gasteiger charge is 2.09. The molecule has 7 heteroatoms. The zero-order valence-corrected chi connectivity index (χ0v) is 13.5. The summed E-state index contributed by atoms with van der Waals surface area (Å²) in [5, 5.41) is 3.35. The summed E-state index contributed by atoms with van der Waals surface area (Å²) in [7, 11) is 0. The van der Waals surface area contributed by atoms with E-state index in [-0.39, 0.29) is 12.5 Å². The molecule has 0 spiro atoms. The van der Waals surface area contributed by atoms with E-state index in [2.05, 4.69) is 16.2 Å². The summed E-state index contributed by atoms with van der Waals surface area (Å²) in [6.07, 6.45) is -0.763. The van der Waals surface area contributed by atoms with Crippen LogP contribution < -0.4 is 16.2 Å². The maximum absolute atomic E-state index is 11.8. The summed E-state index contributed by atoms with van der Waals surface area (Å²) in [5.41, 5.74) is 6.94.